The second-order valence-corrected chi connectivity index (χ2v) is 5.34. The zero-order valence-electron chi connectivity index (χ0n) is 9.70. The number of nitrogens with one attached hydrogen (secondary N) is 1. The minimum Gasteiger partial charge on any atom is -0.271 e. The third kappa shape index (κ3) is 3.53. The van der Waals surface area contributed by atoms with Crippen molar-refractivity contribution in [3.8, 4) is 0 Å². The summed E-state index contributed by atoms with van der Waals surface area (Å²) in [7, 11) is 0. The Labute approximate surface area is 115 Å². The molecule has 1 unspecified atom stereocenters. The van der Waals surface area contributed by atoms with Crippen molar-refractivity contribution < 1.29 is 4.39 Å². The summed E-state index contributed by atoms with van der Waals surface area (Å²) in [5.74, 6) is 5.15. The fourth-order valence-corrected chi connectivity index (χ4v) is 2.63. The molecule has 0 amide bonds. The van der Waals surface area contributed by atoms with Crippen LogP contribution >= 0.6 is 22.9 Å². The van der Waals surface area contributed by atoms with Gasteiger partial charge in [0.1, 0.15) is 5.82 Å². The molecule has 0 aliphatic carbocycles. The molecule has 0 fully saturated rings. The Kier molecular flexibility index (Phi) is 4.72. The van der Waals surface area contributed by atoms with Crippen molar-refractivity contribution in [3.63, 3.8) is 0 Å². The van der Waals surface area contributed by atoms with Crippen molar-refractivity contribution in [2.45, 2.75) is 18.9 Å². The number of hydrogen-bond donors (Lipinski definition) is 2. The summed E-state index contributed by atoms with van der Waals surface area (Å²) < 4.78 is 13.3. The highest BCUT2D eigenvalue weighted by atomic mass is 35.5. The number of halogens is 2. The zero-order chi connectivity index (χ0) is 13.0. The molecule has 5 heteroatoms. The molecule has 2 rings (SSSR count). The van der Waals surface area contributed by atoms with E-state index in [-0.39, 0.29) is 16.9 Å². The van der Waals surface area contributed by atoms with E-state index in [1.54, 1.807) is 17.4 Å². The van der Waals surface area contributed by atoms with Crippen LogP contribution in [0.25, 0.3) is 0 Å². The quantitative estimate of drug-likeness (QED) is 0.654. The van der Waals surface area contributed by atoms with Crippen molar-refractivity contribution in [2.75, 3.05) is 0 Å². The number of thiophene rings is 1. The lowest BCUT2D eigenvalue weighted by Gasteiger charge is -2.15. The maximum absolute atomic E-state index is 13.3. The molecule has 0 radical (unpaired) electrons. The third-order valence-electron chi connectivity index (χ3n) is 2.76. The number of hydrazine groups is 1. The molecule has 0 aliphatic rings. The highest BCUT2D eigenvalue weighted by molar-refractivity contribution is 7.07. The molecule has 0 aliphatic heterocycles. The van der Waals surface area contributed by atoms with Crippen LogP contribution in [-0.4, -0.2) is 6.04 Å². The number of hydrogen-bond acceptors (Lipinski definition) is 3. The average molecular weight is 285 g/mol. The summed E-state index contributed by atoms with van der Waals surface area (Å²) in [6.45, 7) is 0. The molecule has 18 heavy (non-hydrogen) atoms. The van der Waals surface area contributed by atoms with Crippen molar-refractivity contribution in [1.29, 1.82) is 0 Å². The van der Waals surface area contributed by atoms with E-state index >= 15 is 0 Å². The highest BCUT2D eigenvalue weighted by Crippen LogP contribution is 2.17. The van der Waals surface area contributed by atoms with Gasteiger partial charge in [-0.05, 0) is 52.9 Å². The molecule has 96 valence electrons. The molecule has 0 saturated carbocycles. The maximum Gasteiger partial charge on any atom is 0.142 e. The number of rotatable bonds is 5. The average Bonchev–Trinajstić information content (AvgIpc) is 2.86. The van der Waals surface area contributed by atoms with Crippen LogP contribution in [0.15, 0.2) is 35.0 Å². The third-order valence-corrected chi connectivity index (χ3v) is 3.80. The summed E-state index contributed by atoms with van der Waals surface area (Å²) in [4.78, 5) is 0. The predicted octanol–water partition coefficient (Wildman–Crippen LogP) is 3.16. The van der Waals surface area contributed by atoms with Crippen LogP contribution in [-0.2, 0) is 12.8 Å². The van der Waals surface area contributed by atoms with Crippen LogP contribution in [0.2, 0.25) is 5.02 Å². The van der Waals surface area contributed by atoms with Gasteiger partial charge in [0.2, 0.25) is 0 Å². The minimum atomic E-state index is -0.388. The van der Waals surface area contributed by atoms with E-state index in [0.29, 0.717) is 6.42 Å². The fraction of sp³-hybridized carbons (Fsp3) is 0.231. The Morgan fingerprint density at radius 1 is 1.28 bits per heavy atom. The first kappa shape index (κ1) is 13.5. The van der Waals surface area contributed by atoms with Gasteiger partial charge in [0.25, 0.3) is 0 Å². The molecule has 2 aromatic rings. The van der Waals surface area contributed by atoms with Crippen molar-refractivity contribution >= 4 is 22.9 Å². The SMILES string of the molecule is NNC(Cc1ccsc1)Cc1ccc(Cl)c(F)c1. The monoisotopic (exact) mass is 284 g/mol. The normalized spacial score (nSPS) is 12.6. The van der Waals surface area contributed by atoms with Crippen molar-refractivity contribution in [2.24, 2.45) is 5.84 Å². The van der Waals surface area contributed by atoms with Gasteiger partial charge in [0.15, 0.2) is 0 Å². The summed E-state index contributed by atoms with van der Waals surface area (Å²) in [5, 5.41) is 4.27. The summed E-state index contributed by atoms with van der Waals surface area (Å²) >= 11 is 7.31. The Morgan fingerprint density at radius 2 is 2.06 bits per heavy atom. The Hall–Kier alpha value is -0.940. The van der Waals surface area contributed by atoms with Gasteiger partial charge in [-0.2, -0.15) is 11.3 Å². The van der Waals surface area contributed by atoms with Gasteiger partial charge in [-0.3, -0.25) is 11.3 Å². The lowest BCUT2D eigenvalue weighted by atomic mass is 10.0. The van der Waals surface area contributed by atoms with E-state index < -0.39 is 0 Å². The Morgan fingerprint density at radius 3 is 2.67 bits per heavy atom. The lowest BCUT2D eigenvalue weighted by Crippen LogP contribution is -2.38. The van der Waals surface area contributed by atoms with Gasteiger partial charge in [-0.1, -0.05) is 17.7 Å². The second-order valence-electron chi connectivity index (χ2n) is 4.15. The number of nitrogens with two attached hydrogens (primary N) is 1. The topological polar surface area (TPSA) is 38.0 Å². The van der Waals surface area contributed by atoms with Crippen LogP contribution in [0.3, 0.4) is 0 Å². The molecule has 1 aromatic carbocycles. The maximum atomic E-state index is 13.3. The van der Waals surface area contributed by atoms with E-state index in [2.05, 4.69) is 16.9 Å². The molecule has 1 atom stereocenters. The van der Waals surface area contributed by atoms with Gasteiger partial charge in [-0.25, -0.2) is 4.39 Å². The molecule has 2 nitrogen and oxygen atoms in total. The van der Waals surface area contributed by atoms with Gasteiger partial charge in [-0.15, -0.1) is 0 Å². The molecule has 0 saturated heterocycles. The highest BCUT2D eigenvalue weighted by Gasteiger charge is 2.10. The smallest absolute Gasteiger partial charge is 0.142 e. The summed E-state index contributed by atoms with van der Waals surface area (Å²) in [5.41, 5.74) is 4.89. The van der Waals surface area contributed by atoms with Crippen LogP contribution in [0, 0.1) is 5.82 Å². The van der Waals surface area contributed by atoms with Gasteiger partial charge in [0.05, 0.1) is 5.02 Å². The van der Waals surface area contributed by atoms with E-state index in [9.17, 15) is 4.39 Å². The van der Waals surface area contributed by atoms with Crippen LogP contribution in [0.1, 0.15) is 11.1 Å². The van der Waals surface area contributed by atoms with Crippen LogP contribution < -0.4 is 11.3 Å². The van der Waals surface area contributed by atoms with E-state index in [1.165, 1.54) is 11.6 Å². The molecule has 1 aromatic heterocycles. The first-order valence-corrected chi connectivity index (χ1v) is 6.92. The Balaban J connectivity index is 2.03. The standard InChI is InChI=1S/C13H14ClFN2S/c14-12-2-1-9(7-13(12)15)5-11(17-16)6-10-3-4-18-8-10/h1-4,7-8,11,17H,5-6,16H2. The number of benzene rings is 1. The van der Waals surface area contributed by atoms with Gasteiger partial charge >= 0.3 is 0 Å². The summed E-state index contributed by atoms with van der Waals surface area (Å²) in [6, 6.07) is 7.01. The molecular weight excluding hydrogens is 271 g/mol. The first-order chi connectivity index (χ1) is 8.69. The zero-order valence-corrected chi connectivity index (χ0v) is 11.3. The van der Waals surface area contributed by atoms with Crippen molar-refractivity contribution in [3.05, 3.63) is 57.0 Å². The van der Waals surface area contributed by atoms with Gasteiger partial charge in [0, 0.05) is 6.04 Å². The van der Waals surface area contributed by atoms with Crippen LogP contribution in [0.4, 0.5) is 4.39 Å². The fourth-order valence-electron chi connectivity index (χ4n) is 1.83. The predicted molar refractivity (Wildman–Crippen MR) is 74.2 cm³/mol. The lowest BCUT2D eigenvalue weighted by molar-refractivity contribution is 0.521. The molecule has 1 heterocycles. The van der Waals surface area contributed by atoms with Crippen molar-refractivity contribution in [1.82, 2.24) is 5.43 Å². The Bertz CT molecular complexity index is 502. The molecular formula is C13H14ClFN2S. The summed E-state index contributed by atoms with van der Waals surface area (Å²) in [6.07, 6.45) is 1.49. The largest absolute Gasteiger partial charge is 0.271 e. The molecule has 0 spiro atoms. The molecule has 0 bridgehead atoms. The van der Waals surface area contributed by atoms with Gasteiger partial charge < -0.3 is 0 Å². The van der Waals surface area contributed by atoms with Crippen LogP contribution in [0.5, 0.6) is 0 Å². The van der Waals surface area contributed by atoms with E-state index in [4.69, 9.17) is 17.4 Å². The first-order valence-electron chi connectivity index (χ1n) is 5.60. The molecule has 3 N–H and O–H groups in total. The minimum absolute atomic E-state index is 0.0835. The second kappa shape index (κ2) is 6.29. The van der Waals surface area contributed by atoms with E-state index in [0.717, 1.165) is 12.0 Å². The van der Waals surface area contributed by atoms with E-state index in [1.807, 2.05) is 11.4 Å².